The van der Waals surface area contributed by atoms with Crippen molar-refractivity contribution in [3.8, 4) is 0 Å². The Kier molecular flexibility index (Phi) is 3.74. The van der Waals surface area contributed by atoms with Crippen LogP contribution in [-0.4, -0.2) is 24.2 Å². The van der Waals surface area contributed by atoms with Gasteiger partial charge in [-0.15, -0.1) is 0 Å². The quantitative estimate of drug-likeness (QED) is 0.625. The molecule has 1 saturated heterocycles. The Balaban J connectivity index is 2.18. The van der Waals surface area contributed by atoms with E-state index in [1.807, 2.05) is 52.0 Å². The van der Waals surface area contributed by atoms with Crippen LogP contribution in [0.3, 0.4) is 0 Å². The molecular formula is C19H26BNO3. The Labute approximate surface area is 144 Å². The van der Waals surface area contributed by atoms with Gasteiger partial charge in [-0.25, -0.2) is 0 Å². The second-order valence-electron chi connectivity index (χ2n) is 8.63. The second-order valence-corrected chi connectivity index (χ2v) is 8.63. The van der Waals surface area contributed by atoms with Gasteiger partial charge >= 0.3 is 7.12 Å². The molecule has 0 saturated carbocycles. The maximum absolute atomic E-state index is 12.7. The zero-order valence-corrected chi connectivity index (χ0v) is 15.6. The highest BCUT2D eigenvalue weighted by molar-refractivity contribution is 6.59. The number of hydrogen-bond donors (Lipinski definition) is 1. The zero-order chi connectivity index (χ0) is 17.9. The molecule has 0 aromatic heterocycles. The summed E-state index contributed by atoms with van der Waals surface area (Å²) < 4.78 is 12.5. The number of benzene rings is 1. The minimum absolute atomic E-state index is 0.0872. The molecule has 1 N–H and O–H groups in total. The topological polar surface area (TPSA) is 47.6 Å². The molecule has 0 atom stereocenters. The molecule has 1 aromatic rings. The highest BCUT2D eigenvalue weighted by Gasteiger charge is 2.55. The van der Waals surface area contributed by atoms with Gasteiger partial charge in [-0.05, 0) is 44.6 Å². The van der Waals surface area contributed by atoms with Crippen molar-refractivity contribution in [1.29, 1.82) is 0 Å². The molecule has 0 spiro atoms. The third-order valence-electron chi connectivity index (χ3n) is 5.24. The Hall–Kier alpha value is -1.59. The fourth-order valence-corrected chi connectivity index (χ4v) is 3.19. The number of rotatable bonds is 1. The Morgan fingerprint density at radius 1 is 1.04 bits per heavy atom. The van der Waals surface area contributed by atoms with Crippen molar-refractivity contribution in [2.24, 2.45) is 5.41 Å². The molecule has 0 bridgehead atoms. The molecular weight excluding hydrogens is 301 g/mol. The number of allylic oxidation sites excluding steroid dienone is 1. The maximum atomic E-state index is 12.7. The lowest BCUT2D eigenvalue weighted by molar-refractivity contribution is -0.110. The van der Waals surface area contributed by atoms with Crippen LogP contribution < -0.4 is 5.32 Å². The highest BCUT2D eigenvalue weighted by atomic mass is 16.7. The largest absolute Gasteiger partial charge is 0.491 e. The molecule has 5 heteroatoms. The van der Waals surface area contributed by atoms with E-state index in [0.717, 1.165) is 16.7 Å². The van der Waals surface area contributed by atoms with E-state index in [4.69, 9.17) is 9.31 Å². The van der Waals surface area contributed by atoms with E-state index in [0.29, 0.717) is 5.57 Å². The first-order valence-electron chi connectivity index (χ1n) is 8.45. The van der Waals surface area contributed by atoms with Crippen LogP contribution >= 0.6 is 0 Å². The molecule has 2 aliphatic heterocycles. The van der Waals surface area contributed by atoms with Crippen LogP contribution in [0.15, 0.2) is 29.7 Å². The van der Waals surface area contributed by atoms with Gasteiger partial charge in [0.1, 0.15) is 0 Å². The van der Waals surface area contributed by atoms with Crippen molar-refractivity contribution in [2.45, 2.75) is 59.7 Å². The summed E-state index contributed by atoms with van der Waals surface area (Å²) in [7, 11) is -0.540. The average Bonchev–Trinajstić information content (AvgIpc) is 2.83. The van der Waals surface area contributed by atoms with Crippen molar-refractivity contribution in [3.05, 3.63) is 35.3 Å². The molecule has 2 heterocycles. The Bertz CT molecular complexity index is 712. The van der Waals surface area contributed by atoms with Crippen LogP contribution in [0.25, 0.3) is 5.57 Å². The monoisotopic (exact) mass is 327 g/mol. The molecule has 24 heavy (non-hydrogen) atoms. The zero-order valence-electron chi connectivity index (χ0n) is 15.6. The summed E-state index contributed by atoms with van der Waals surface area (Å²) in [4.78, 5) is 12.7. The number of fused-ring (bicyclic) bond motifs is 1. The van der Waals surface area contributed by atoms with Crippen LogP contribution in [0.1, 0.15) is 54.0 Å². The van der Waals surface area contributed by atoms with Gasteiger partial charge in [0.05, 0.1) is 11.2 Å². The first kappa shape index (κ1) is 17.2. The minimum atomic E-state index is -0.540. The third kappa shape index (κ3) is 2.60. The summed E-state index contributed by atoms with van der Waals surface area (Å²) in [5.74, 6) is -0.0872. The van der Waals surface area contributed by atoms with Crippen LogP contribution in [0.5, 0.6) is 0 Å². The molecule has 0 unspecified atom stereocenters. The van der Waals surface area contributed by atoms with Crippen molar-refractivity contribution < 1.29 is 14.1 Å². The van der Waals surface area contributed by atoms with E-state index in [2.05, 4.69) is 26.1 Å². The molecule has 128 valence electrons. The predicted molar refractivity (Wildman–Crippen MR) is 97.5 cm³/mol. The Morgan fingerprint density at radius 2 is 1.58 bits per heavy atom. The average molecular weight is 327 g/mol. The molecule has 3 rings (SSSR count). The number of anilines is 1. The molecule has 1 aromatic carbocycles. The first-order chi connectivity index (χ1) is 10.9. The predicted octanol–water partition coefficient (Wildman–Crippen LogP) is 4.07. The number of hydrogen-bond acceptors (Lipinski definition) is 3. The molecule has 2 aliphatic rings. The SMILES string of the molecule is CC(C)(C)/C(B1OC(C)(C)C(C)(C)O1)=C1/C(=O)Nc2ccccc21. The Morgan fingerprint density at radius 3 is 2.12 bits per heavy atom. The van der Waals surface area contributed by atoms with E-state index in [1.54, 1.807) is 0 Å². The van der Waals surface area contributed by atoms with Crippen molar-refractivity contribution in [3.63, 3.8) is 0 Å². The standard InChI is InChI=1S/C19H26BNO3/c1-17(2,3)15(20-23-18(4,5)19(6,7)24-20)14-12-10-8-9-11-13(12)21-16(14)22/h8-11H,1-7H3,(H,21,22)/b15-14-. The van der Waals surface area contributed by atoms with Crippen LogP contribution in [0.2, 0.25) is 0 Å². The van der Waals surface area contributed by atoms with Gasteiger partial charge in [0.2, 0.25) is 0 Å². The molecule has 4 nitrogen and oxygen atoms in total. The van der Waals surface area contributed by atoms with Gasteiger partial charge in [0, 0.05) is 16.8 Å². The number of carbonyl (C=O) groups excluding carboxylic acids is 1. The van der Waals surface area contributed by atoms with Gasteiger partial charge < -0.3 is 14.6 Å². The smallest absolute Gasteiger partial charge is 0.400 e. The van der Waals surface area contributed by atoms with Gasteiger partial charge in [0.25, 0.3) is 5.91 Å². The summed E-state index contributed by atoms with van der Waals surface area (Å²) in [5, 5.41) is 2.96. The minimum Gasteiger partial charge on any atom is -0.400 e. The highest BCUT2D eigenvalue weighted by Crippen LogP contribution is 2.46. The van der Waals surface area contributed by atoms with Crippen molar-refractivity contribution in [1.82, 2.24) is 0 Å². The van der Waals surface area contributed by atoms with Gasteiger partial charge in [-0.2, -0.15) is 0 Å². The summed E-state index contributed by atoms with van der Waals surface area (Å²) in [6, 6.07) is 7.77. The maximum Gasteiger partial charge on any atom is 0.491 e. The molecule has 0 aliphatic carbocycles. The lowest BCUT2D eigenvalue weighted by Gasteiger charge is -2.32. The van der Waals surface area contributed by atoms with E-state index < -0.39 is 18.3 Å². The van der Waals surface area contributed by atoms with Crippen molar-refractivity contribution in [2.75, 3.05) is 5.32 Å². The summed E-state index contributed by atoms with van der Waals surface area (Å²) in [6.45, 7) is 14.4. The number of amides is 1. The van der Waals surface area contributed by atoms with E-state index in [-0.39, 0.29) is 11.3 Å². The van der Waals surface area contributed by atoms with Gasteiger partial charge in [0.15, 0.2) is 0 Å². The number of carbonyl (C=O) groups is 1. The van der Waals surface area contributed by atoms with E-state index >= 15 is 0 Å². The summed E-state index contributed by atoms with van der Waals surface area (Å²) >= 11 is 0. The fraction of sp³-hybridized carbons (Fsp3) is 0.526. The van der Waals surface area contributed by atoms with Crippen LogP contribution in [0, 0.1) is 5.41 Å². The lowest BCUT2D eigenvalue weighted by Crippen LogP contribution is -2.41. The first-order valence-corrected chi connectivity index (χ1v) is 8.45. The van der Waals surface area contributed by atoms with E-state index in [9.17, 15) is 4.79 Å². The summed E-state index contributed by atoms with van der Waals surface area (Å²) in [5.41, 5.74) is 2.18. The van der Waals surface area contributed by atoms with E-state index in [1.165, 1.54) is 0 Å². The number of para-hydroxylation sites is 1. The van der Waals surface area contributed by atoms with Crippen molar-refractivity contribution >= 4 is 24.3 Å². The lowest BCUT2D eigenvalue weighted by atomic mass is 9.62. The normalized spacial score (nSPS) is 24.0. The second kappa shape index (κ2) is 5.20. The third-order valence-corrected chi connectivity index (χ3v) is 5.24. The molecule has 0 radical (unpaired) electrons. The summed E-state index contributed by atoms with van der Waals surface area (Å²) in [6.07, 6.45) is 0. The fourth-order valence-electron chi connectivity index (χ4n) is 3.19. The molecule has 1 fully saturated rings. The van der Waals surface area contributed by atoms with Crippen LogP contribution in [0.4, 0.5) is 5.69 Å². The number of nitrogens with one attached hydrogen (secondary N) is 1. The van der Waals surface area contributed by atoms with Crippen LogP contribution in [-0.2, 0) is 14.1 Å². The van der Waals surface area contributed by atoms with Gasteiger partial charge in [-0.3, -0.25) is 4.79 Å². The van der Waals surface area contributed by atoms with Gasteiger partial charge in [-0.1, -0.05) is 39.0 Å². The molecule has 1 amide bonds.